The second-order valence-electron chi connectivity index (χ2n) is 4.52. The van der Waals surface area contributed by atoms with Crippen LogP contribution in [0.5, 0.6) is 0 Å². The normalized spacial score (nSPS) is 10.4. The monoisotopic (exact) mass is 339 g/mol. The van der Waals surface area contributed by atoms with Gasteiger partial charge in [-0.1, -0.05) is 6.07 Å². The van der Waals surface area contributed by atoms with Crippen LogP contribution >= 0.6 is 15.9 Å². The van der Waals surface area contributed by atoms with Crippen molar-refractivity contribution in [1.82, 2.24) is 0 Å². The molecule has 1 N–H and O–H groups in total. The Morgan fingerprint density at radius 3 is 2.45 bits per heavy atom. The van der Waals surface area contributed by atoms with E-state index in [0.29, 0.717) is 10.0 Å². The molecule has 0 saturated carbocycles. The second kappa shape index (κ2) is 5.71. The number of hydrogen-bond donors (Lipinski definition) is 1. The van der Waals surface area contributed by atoms with E-state index in [4.69, 9.17) is 0 Å². The molecular formula is C15H12BrF2NO. The van der Waals surface area contributed by atoms with E-state index in [2.05, 4.69) is 21.2 Å². The van der Waals surface area contributed by atoms with Crippen molar-refractivity contribution in [3.63, 3.8) is 0 Å². The zero-order chi connectivity index (χ0) is 14.9. The summed E-state index contributed by atoms with van der Waals surface area (Å²) in [4.78, 5) is 12.1. The third-order valence-corrected chi connectivity index (χ3v) is 3.52. The van der Waals surface area contributed by atoms with Crippen LogP contribution in [-0.2, 0) is 0 Å². The molecular weight excluding hydrogens is 328 g/mol. The second-order valence-corrected chi connectivity index (χ2v) is 5.37. The Morgan fingerprint density at radius 2 is 1.80 bits per heavy atom. The largest absolute Gasteiger partial charge is 0.319 e. The van der Waals surface area contributed by atoms with Crippen molar-refractivity contribution in [2.75, 3.05) is 5.32 Å². The Morgan fingerprint density at radius 1 is 1.10 bits per heavy atom. The first kappa shape index (κ1) is 14.7. The van der Waals surface area contributed by atoms with Crippen LogP contribution in [-0.4, -0.2) is 5.91 Å². The molecule has 0 heterocycles. The molecule has 2 nitrogen and oxygen atoms in total. The van der Waals surface area contributed by atoms with E-state index in [1.165, 1.54) is 6.92 Å². The zero-order valence-electron chi connectivity index (χ0n) is 10.9. The number of amides is 1. The van der Waals surface area contributed by atoms with Crippen LogP contribution < -0.4 is 5.32 Å². The molecule has 20 heavy (non-hydrogen) atoms. The van der Waals surface area contributed by atoms with E-state index >= 15 is 0 Å². The van der Waals surface area contributed by atoms with Crippen molar-refractivity contribution in [2.24, 2.45) is 0 Å². The maximum Gasteiger partial charge on any atom is 0.256 e. The van der Waals surface area contributed by atoms with Gasteiger partial charge in [0.1, 0.15) is 11.6 Å². The van der Waals surface area contributed by atoms with Crippen molar-refractivity contribution in [3.05, 3.63) is 63.1 Å². The van der Waals surface area contributed by atoms with Crippen LogP contribution in [0.15, 0.2) is 34.8 Å². The first-order chi connectivity index (χ1) is 9.38. The van der Waals surface area contributed by atoms with Crippen LogP contribution in [0, 0.1) is 25.5 Å². The van der Waals surface area contributed by atoms with Gasteiger partial charge in [-0.3, -0.25) is 4.79 Å². The van der Waals surface area contributed by atoms with E-state index < -0.39 is 17.5 Å². The predicted molar refractivity (Wildman–Crippen MR) is 77.9 cm³/mol. The summed E-state index contributed by atoms with van der Waals surface area (Å²) in [5.41, 5.74) is 1.36. The molecule has 104 valence electrons. The molecule has 0 aliphatic heterocycles. The Kier molecular flexibility index (Phi) is 4.18. The van der Waals surface area contributed by atoms with Gasteiger partial charge in [0.25, 0.3) is 5.91 Å². The smallest absolute Gasteiger partial charge is 0.256 e. The molecule has 0 spiro atoms. The van der Waals surface area contributed by atoms with Gasteiger partial charge in [0.2, 0.25) is 0 Å². The first-order valence-corrected chi connectivity index (χ1v) is 6.71. The van der Waals surface area contributed by atoms with Crippen LogP contribution in [0.4, 0.5) is 14.5 Å². The molecule has 0 bridgehead atoms. The number of nitrogens with one attached hydrogen (secondary N) is 1. The third kappa shape index (κ3) is 3.04. The van der Waals surface area contributed by atoms with E-state index in [-0.39, 0.29) is 11.3 Å². The zero-order valence-corrected chi connectivity index (χ0v) is 12.5. The lowest BCUT2D eigenvalue weighted by atomic mass is 10.1. The maximum absolute atomic E-state index is 13.7. The van der Waals surface area contributed by atoms with E-state index in [9.17, 15) is 13.6 Å². The highest BCUT2D eigenvalue weighted by molar-refractivity contribution is 9.10. The molecule has 2 aromatic carbocycles. The van der Waals surface area contributed by atoms with Crippen LogP contribution in [0.25, 0.3) is 0 Å². The molecule has 0 aromatic heterocycles. The Hall–Kier alpha value is -1.75. The Bertz CT molecular complexity index is 686. The molecule has 0 aliphatic carbocycles. The van der Waals surface area contributed by atoms with Crippen molar-refractivity contribution in [1.29, 1.82) is 0 Å². The number of aryl methyl sites for hydroxylation is 2. The van der Waals surface area contributed by atoms with Crippen LogP contribution in [0.3, 0.4) is 0 Å². The topological polar surface area (TPSA) is 29.1 Å². The fourth-order valence-electron chi connectivity index (χ4n) is 1.74. The molecule has 0 unspecified atom stereocenters. The number of halogens is 3. The lowest BCUT2D eigenvalue weighted by molar-refractivity contribution is 0.102. The molecule has 1 amide bonds. The number of carbonyl (C=O) groups excluding carboxylic acids is 1. The molecule has 2 aromatic rings. The predicted octanol–water partition coefficient (Wildman–Crippen LogP) is 4.60. The minimum absolute atomic E-state index is 0.175. The summed E-state index contributed by atoms with van der Waals surface area (Å²) in [6.07, 6.45) is 0. The molecule has 0 aliphatic rings. The van der Waals surface area contributed by atoms with Gasteiger partial charge in [-0.05, 0) is 59.1 Å². The van der Waals surface area contributed by atoms with Gasteiger partial charge >= 0.3 is 0 Å². The summed E-state index contributed by atoms with van der Waals surface area (Å²) in [7, 11) is 0. The molecule has 0 fully saturated rings. The summed E-state index contributed by atoms with van der Waals surface area (Å²) in [6, 6.07) is 7.20. The average molecular weight is 340 g/mol. The summed E-state index contributed by atoms with van der Waals surface area (Å²) < 4.78 is 27.7. The summed E-state index contributed by atoms with van der Waals surface area (Å²) in [5, 5.41) is 2.37. The van der Waals surface area contributed by atoms with Crippen molar-refractivity contribution in [3.8, 4) is 0 Å². The van der Waals surface area contributed by atoms with Crippen molar-refractivity contribution < 1.29 is 13.6 Å². The third-order valence-electron chi connectivity index (χ3n) is 2.87. The fraction of sp³-hybridized carbons (Fsp3) is 0.133. The van der Waals surface area contributed by atoms with Crippen molar-refractivity contribution >= 4 is 27.5 Å². The summed E-state index contributed by atoms with van der Waals surface area (Å²) in [5.74, 6) is -1.73. The van der Waals surface area contributed by atoms with Gasteiger partial charge in [0.05, 0.1) is 11.3 Å². The highest BCUT2D eigenvalue weighted by Crippen LogP contribution is 2.22. The van der Waals surface area contributed by atoms with Gasteiger partial charge in [0.15, 0.2) is 0 Å². The molecule has 0 saturated heterocycles. The van der Waals surface area contributed by atoms with E-state index in [0.717, 1.165) is 17.7 Å². The molecule has 0 atom stereocenters. The number of anilines is 1. The SMILES string of the molecule is Cc1ccc(C(=O)Nc2cc(F)c(C)cc2F)c(Br)c1. The minimum Gasteiger partial charge on any atom is -0.319 e. The summed E-state index contributed by atoms with van der Waals surface area (Å²) >= 11 is 3.28. The van der Waals surface area contributed by atoms with E-state index in [1.54, 1.807) is 18.2 Å². The number of hydrogen-bond acceptors (Lipinski definition) is 1. The lowest BCUT2D eigenvalue weighted by Gasteiger charge is -2.09. The van der Waals surface area contributed by atoms with Gasteiger partial charge < -0.3 is 5.32 Å². The van der Waals surface area contributed by atoms with Crippen LogP contribution in [0.2, 0.25) is 0 Å². The van der Waals surface area contributed by atoms with Crippen molar-refractivity contribution in [2.45, 2.75) is 13.8 Å². The van der Waals surface area contributed by atoms with E-state index in [1.807, 2.05) is 6.92 Å². The highest BCUT2D eigenvalue weighted by Gasteiger charge is 2.14. The summed E-state index contributed by atoms with van der Waals surface area (Å²) in [6.45, 7) is 3.35. The fourth-order valence-corrected chi connectivity index (χ4v) is 2.41. The first-order valence-electron chi connectivity index (χ1n) is 5.91. The average Bonchev–Trinajstić information content (AvgIpc) is 2.35. The number of benzene rings is 2. The van der Waals surface area contributed by atoms with Gasteiger partial charge in [-0.15, -0.1) is 0 Å². The number of carbonyl (C=O) groups is 1. The van der Waals surface area contributed by atoms with Crippen LogP contribution in [0.1, 0.15) is 21.5 Å². The highest BCUT2D eigenvalue weighted by atomic mass is 79.9. The van der Waals surface area contributed by atoms with Gasteiger partial charge in [-0.25, -0.2) is 8.78 Å². The molecule has 2 rings (SSSR count). The standard InChI is InChI=1S/C15H12BrF2NO/c1-8-3-4-10(11(16)5-8)15(20)19-14-7-12(17)9(2)6-13(14)18/h3-7H,1-2H3,(H,19,20). The lowest BCUT2D eigenvalue weighted by Crippen LogP contribution is -2.14. The molecule has 5 heteroatoms. The number of rotatable bonds is 2. The minimum atomic E-state index is -0.666. The Labute approximate surface area is 123 Å². The van der Waals surface area contributed by atoms with Gasteiger partial charge in [-0.2, -0.15) is 0 Å². The maximum atomic E-state index is 13.7. The Balaban J connectivity index is 2.30. The molecule has 0 radical (unpaired) electrons. The van der Waals surface area contributed by atoms with Gasteiger partial charge in [0, 0.05) is 10.5 Å². The quantitative estimate of drug-likeness (QED) is 0.851.